The molecular weight excluding hydrogens is 185 g/mol. The van der Waals surface area contributed by atoms with Crippen LogP contribution >= 0.6 is 9.24 Å². The minimum Gasteiger partial charge on any atom is -0.450 e. The Morgan fingerprint density at radius 2 is 1.92 bits per heavy atom. The van der Waals surface area contributed by atoms with E-state index in [4.69, 9.17) is 0 Å². The fourth-order valence-corrected chi connectivity index (χ4v) is 0.748. The van der Waals surface area contributed by atoms with Gasteiger partial charge in [-0.05, 0) is 13.3 Å². The van der Waals surface area contributed by atoms with Crippen molar-refractivity contribution in [2.24, 2.45) is 0 Å². The highest BCUT2D eigenvalue weighted by atomic mass is 31.0. The minimum atomic E-state index is -0.302. The number of rotatable bonds is 5. The summed E-state index contributed by atoms with van der Waals surface area (Å²) in [6.45, 7) is 7.02. The number of alkyl carbamates (subject to hydrolysis) is 1. The maximum atomic E-state index is 10.7. The zero-order valence-electron chi connectivity index (χ0n) is 8.93. The molecule has 1 unspecified atom stereocenters. The molecule has 0 aliphatic rings. The molecule has 0 bridgehead atoms. The lowest BCUT2D eigenvalue weighted by atomic mass is 10.2. The van der Waals surface area contributed by atoms with Crippen molar-refractivity contribution in [2.45, 2.75) is 33.1 Å². The number of carbonyl (C=O) groups is 1. The lowest BCUT2D eigenvalue weighted by molar-refractivity contribution is 0.152. The van der Waals surface area contributed by atoms with Gasteiger partial charge in [0.15, 0.2) is 0 Å². The number of hydrogen-bond acceptors (Lipinski definition) is 2. The smallest absolute Gasteiger partial charge is 0.407 e. The van der Waals surface area contributed by atoms with E-state index in [9.17, 15) is 4.79 Å². The van der Waals surface area contributed by atoms with E-state index in [2.05, 4.69) is 26.2 Å². The summed E-state index contributed by atoms with van der Waals surface area (Å²) >= 11 is 0. The molecule has 0 spiro atoms. The summed E-state index contributed by atoms with van der Waals surface area (Å²) in [5.41, 5.74) is 0. The highest BCUT2D eigenvalue weighted by molar-refractivity contribution is 7.15. The summed E-state index contributed by atoms with van der Waals surface area (Å²) in [6, 6.07) is 0. The first kappa shape index (κ1) is 15.2. The molecule has 0 rings (SSSR count). The van der Waals surface area contributed by atoms with Crippen molar-refractivity contribution in [1.82, 2.24) is 5.32 Å². The number of ether oxygens (including phenoxy) is 1. The lowest BCUT2D eigenvalue weighted by Crippen LogP contribution is -2.25. The predicted octanol–water partition coefficient (Wildman–Crippen LogP) is 2.41. The highest BCUT2D eigenvalue weighted by Crippen LogP contribution is 1.91. The van der Waals surface area contributed by atoms with Crippen LogP contribution in [0.15, 0.2) is 0 Å². The van der Waals surface area contributed by atoms with Crippen LogP contribution in [0.4, 0.5) is 4.79 Å². The average Bonchev–Trinajstić information content (AvgIpc) is 2.16. The second-order valence-electron chi connectivity index (χ2n) is 2.35. The molecule has 13 heavy (non-hydrogen) atoms. The first-order valence-electron chi connectivity index (χ1n) is 4.79. The SMILES string of the molecule is CCCCCNC(=O)OCC.CP. The number of nitrogens with one attached hydrogen (secondary N) is 1. The van der Waals surface area contributed by atoms with Crippen LogP contribution in [0.25, 0.3) is 0 Å². The van der Waals surface area contributed by atoms with Crippen LogP contribution < -0.4 is 5.32 Å². The molecule has 80 valence electrons. The van der Waals surface area contributed by atoms with Crippen molar-refractivity contribution < 1.29 is 9.53 Å². The van der Waals surface area contributed by atoms with Crippen LogP contribution in [0.5, 0.6) is 0 Å². The Labute approximate surface area is 83.8 Å². The van der Waals surface area contributed by atoms with E-state index >= 15 is 0 Å². The molecule has 0 aromatic rings. The standard InChI is InChI=1S/C8H17NO2.CH5P/c1-3-5-6-7-9-8(10)11-4-2;1-2/h3-7H2,1-2H3,(H,9,10);2H2,1H3. The van der Waals surface area contributed by atoms with Gasteiger partial charge in [-0.15, -0.1) is 9.24 Å². The first-order chi connectivity index (χ1) is 6.31. The molecule has 0 radical (unpaired) electrons. The predicted molar refractivity (Wildman–Crippen MR) is 60.2 cm³/mol. The van der Waals surface area contributed by atoms with Crippen LogP contribution in [0.3, 0.4) is 0 Å². The van der Waals surface area contributed by atoms with E-state index in [1.165, 1.54) is 6.42 Å². The Bertz CT molecular complexity index is 110. The van der Waals surface area contributed by atoms with Gasteiger partial charge in [-0.1, -0.05) is 26.4 Å². The molecule has 0 heterocycles. The summed E-state index contributed by atoms with van der Waals surface area (Å²) in [7, 11) is 2.42. The normalized spacial score (nSPS) is 8.31. The van der Waals surface area contributed by atoms with Gasteiger partial charge in [0.25, 0.3) is 0 Å². The van der Waals surface area contributed by atoms with Crippen LogP contribution in [0, 0.1) is 0 Å². The number of unbranched alkanes of at least 4 members (excludes halogenated alkanes) is 2. The molecule has 0 saturated carbocycles. The molecule has 0 aliphatic heterocycles. The quantitative estimate of drug-likeness (QED) is 0.555. The third-order valence-electron chi connectivity index (χ3n) is 1.33. The molecule has 3 nitrogen and oxygen atoms in total. The summed E-state index contributed by atoms with van der Waals surface area (Å²) < 4.78 is 4.67. The first-order valence-corrected chi connectivity index (χ1v) is 5.95. The molecule has 1 N–H and O–H groups in total. The van der Waals surface area contributed by atoms with Crippen molar-refractivity contribution in [3.63, 3.8) is 0 Å². The fraction of sp³-hybridized carbons (Fsp3) is 0.889. The zero-order valence-corrected chi connectivity index (χ0v) is 10.1. The van der Waals surface area contributed by atoms with Crippen LogP contribution in [0.1, 0.15) is 33.1 Å². The molecule has 4 heteroatoms. The van der Waals surface area contributed by atoms with Crippen molar-refractivity contribution >= 4 is 15.3 Å². The van der Waals surface area contributed by atoms with E-state index in [0.717, 1.165) is 19.4 Å². The van der Waals surface area contributed by atoms with Gasteiger partial charge >= 0.3 is 6.09 Å². The van der Waals surface area contributed by atoms with Crippen LogP contribution in [-0.4, -0.2) is 25.9 Å². The third kappa shape index (κ3) is 14.5. The summed E-state index contributed by atoms with van der Waals surface area (Å²) in [4.78, 5) is 10.7. The summed E-state index contributed by atoms with van der Waals surface area (Å²) in [5.74, 6) is 0. The van der Waals surface area contributed by atoms with E-state index in [1.807, 2.05) is 6.66 Å². The second-order valence-corrected chi connectivity index (χ2v) is 2.35. The van der Waals surface area contributed by atoms with Gasteiger partial charge in [0.2, 0.25) is 0 Å². The lowest BCUT2D eigenvalue weighted by Gasteiger charge is -2.03. The van der Waals surface area contributed by atoms with Gasteiger partial charge in [0.05, 0.1) is 6.61 Å². The van der Waals surface area contributed by atoms with Gasteiger partial charge < -0.3 is 10.1 Å². The topological polar surface area (TPSA) is 38.3 Å². The van der Waals surface area contributed by atoms with Crippen molar-refractivity contribution in [1.29, 1.82) is 0 Å². The molecule has 1 amide bonds. The number of carbonyl (C=O) groups excluding carboxylic acids is 1. The van der Waals surface area contributed by atoms with E-state index < -0.39 is 0 Å². The van der Waals surface area contributed by atoms with E-state index in [-0.39, 0.29) is 6.09 Å². The Morgan fingerprint density at radius 3 is 2.38 bits per heavy atom. The maximum Gasteiger partial charge on any atom is 0.407 e. The van der Waals surface area contributed by atoms with Gasteiger partial charge in [-0.2, -0.15) is 0 Å². The molecule has 0 aromatic carbocycles. The van der Waals surface area contributed by atoms with Crippen molar-refractivity contribution in [3.8, 4) is 0 Å². The Hall–Kier alpha value is -0.300. The monoisotopic (exact) mass is 207 g/mol. The molecule has 1 atom stereocenters. The Balaban J connectivity index is 0. The minimum absolute atomic E-state index is 0.302. The van der Waals surface area contributed by atoms with E-state index in [0.29, 0.717) is 6.61 Å². The van der Waals surface area contributed by atoms with Gasteiger partial charge in [0.1, 0.15) is 0 Å². The Kier molecular flexibility index (Phi) is 16.6. The summed E-state index contributed by atoms with van der Waals surface area (Å²) in [5, 5.41) is 2.66. The fourth-order valence-electron chi connectivity index (χ4n) is 0.748. The second kappa shape index (κ2) is 14.2. The molecule has 0 aromatic heterocycles. The van der Waals surface area contributed by atoms with Crippen LogP contribution in [0.2, 0.25) is 0 Å². The van der Waals surface area contributed by atoms with Crippen LogP contribution in [-0.2, 0) is 4.74 Å². The van der Waals surface area contributed by atoms with Gasteiger partial charge in [0, 0.05) is 6.54 Å². The maximum absolute atomic E-state index is 10.7. The molecule has 0 aliphatic carbocycles. The zero-order chi connectivity index (χ0) is 10.5. The largest absolute Gasteiger partial charge is 0.450 e. The average molecular weight is 207 g/mol. The van der Waals surface area contributed by atoms with E-state index in [1.54, 1.807) is 6.92 Å². The highest BCUT2D eigenvalue weighted by Gasteiger charge is 1.96. The number of amides is 1. The Morgan fingerprint density at radius 1 is 1.31 bits per heavy atom. The molecule has 0 saturated heterocycles. The van der Waals surface area contributed by atoms with Gasteiger partial charge in [-0.25, -0.2) is 4.79 Å². The van der Waals surface area contributed by atoms with Gasteiger partial charge in [-0.3, -0.25) is 0 Å². The number of hydrogen-bond donors (Lipinski definition) is 1. The molecular formula is C9H22NO2P. The third-order valence-corrected chi connectivity index (χ3v) is 1.33. The van der Waals surface area contributed by atoms with Crippen molar-refractivity contribution in [2.75, 3.05) is 19.8 Å². The molecule has 0 fully saturated rings. The van der Waals surface area contributed by atoms with Crippen molar-refractivity contribution in [3.05, 3.63) is 0 Å². The summed E-state index contributed by atoms with van der Waals surface area (Å²) in [6.07, 6.45) is 3.07.